The predicted molar refractivity (Wildman–Crippen MR) is 283 cm³/mol. The Morgan fingerprint density at radius 3 is 1.61 bits per heavy atom. The number of methoxy groups -OCH3 is 2. The quantitative estimate of drug-likeness (QED) is 0.0737. The van der Waals surface area contributed by atoms with E-state index < -0.39 is 0 Å². The molecule has 1 aromatic carbocycles. The van der Waals surface area contributed by atoms with Gasteiger partial charge >= 0.3 is 11.9 Å². The first-order valence-corrected chi connectivity index (χ1v) is 27.7. The predicted octanol–water partition coefficient (Wildman–Crippen LogP) is 11.5. The van der Waals surface area contributed by atoms with Gasteiger partial charge in [0.1, 0.15) is 18.1 Å². The molecule has 1 radical (unpaired) electrons. The molecule has 0 N–H and O–H groups in total. The van der Waals surface area contributed by atoms with Crippen molar-refractivity contribution in [1.29, 1.82) is 0 Å². The van der Waals surface area contributed by atoms with Crippen LogP contribution in [-0.2, 0) is 96.3 Å². The molecule has 0 aromatic heterocycles. The standard InChI is InChI=1S/C33H50O7.C26H42O6.CH4.Y/c1-8-9-27-21(3)17-29-33(40-27)23(5)32(37-19-24-10-12-25(35-6)13-11-24)30(39-29)18-28-22(4)20(2)16-26(38-28)14-15-31(34)36-7;1-7-9-21-16(3)13-23-26(32-21)18(5)25(29-19(6)28)24(31-23)14-22-17(4)15(2)12-20(30-22)10-8-11-27;;/h10-13,20-21,23,26-30,32-33H,4,8-9,14-19H2,1-3,5-7H3;11,15-16,18,20-26H,4,7-10,12-14H2,1-3,5-6H3;1H4;/t20-,21?,23-,26+,27-,28?,29+,30+,32-,33+;15-,16?,18-,20+,21-,22?,23+,24+,25-,26+;;/m11../s1. The van der Waals surface area contributed by atoms with Crippen molar-refractivity contribution in [2.45, 2.75) is 252 Å². The van der Waals surface area contributed by atoms with Gasteiger partial charge in [0.15, 0.2) is 0 Å². The fourth-order valence-corrected chi connectivity index (χ4v) is 12.5. The van der Waals surface area contributed by atoms with Crippen LogP contribution < -0.4 is 4.74 Å². The minimum atomic E-state index is -0.383. The van der Waals surface area contributed by atoms with E-state index in [1.165, 1.54) is 14.0 Å². The minimum absolute atomic E-state index is 0. The molecule has 6 heterocycles. The second kappa shape index (κ2) is 30.9. The first-order valence-electron chi connectivity index (χ1n) is 27.7. The van der Waals surface area contributed by atoms with Gasteiger partial charge in [-0.05, 0) is 104 Å². The summed E-state index contributed by atoms with van der Waals surface area (Å²) in [6.45, 7) is 28.3. The Morgan fingerprint density at radius 2 is 1.15 bits per heavy atom. The molecule has 13 nitrogen and oxygen atoms in total. The molecule has 6 fully saturated rings. The van der Waals surface area contributed by atoms with Crippen LogP contribution in [-0.4, -0.2) is 118 Å². The van der Waals surface area contributed by atoms with Crippen molar-refractivity contribution in [2.75, 3.05) is 14.2 Å². The number of benzene rings is 1. The van der Waals surface area contributed by atoms with E-state index in [0.717, 1.165) is 86.5 Å². The zero-order chi connectivity index (χ0) is 52.2. The molecule has 0 amide bonds. The van der Waals surface area contributed by atoms with Gasteiger partial charge in [-0.25, -0.2) is 0 Å². The van der Waals surface area contributed by atoms with Crippen LogP contribution in [0.15, 0.2) is 48.6 Å². The summed E-state index contributed by atoms with van der Waals surface area (Å²) in [6, 6.07) is 8.01. The smallest absolute Gasteiger partial charge is 0.305 e. The number of aldehydes is 1. The number of carbonyl (C=O) groups excluding carboxylic acids is 3. The van der Waals surface area contributed by atoms with E-state index in [1.54, 1.807) is 7.11 Å². The number of fused-ring (bicyclic) bond motifs is 2. The molecule has 74 heavy (non-hydrogen) atoms. The topological polar surface area (TPSA) is 144 Å². The van der Waals surface area contributed by atoms with Crippen LogP contribution >= 0.6 is 0 Å². The fourth-order valence-electron chi connectivity index (χ4n) is 12.5. The average molecular weight is 1110 g/mol. The van der Waals surface area contributed by atoms with Crippen molar-refractivity contribution in [2.24, 2.45) is 35.5 Å². The van der Waals surface area contributed by atoms with Crippen molar-refractivity contribution < 1.29 is 94.5 Å². The largest absolute Gasteiger partial charge is 0.497 e. The number of hydrogen-bond acceptors (Lipinski definition) is 13. The summed E-state index contributed by atoms with van der Waals surface area (Å²) >= 11 is 0. The summed E-state index contributed by atoms with van der Waals surface area (Å²) in [6.07, 6.45) is 11.6. The molecule has 20 atom stereocenters. The molecule has 14 heteroatoms. The van der Waals surface area contributed by atoms with Crippen molar-refractivity contribution in [3.63, 3.8) is 0 Å². The van der Waals surface area contributed by atoms with Crippen LogP contribution in [0.25, 0.3) is 0 Å². The molecule has 0 bridgehead atoms. The Balaban J connectivity index is 0.000000319. The monoisotopic (exact) mass is 1110 g/mol. The maximum Gasteiger partial charge on any atom is 0.305 e. The molecule has 6 aliphatic rings. The van der Waals surface area contributed by atoms with Gasteiger partial charge < -0.3 is 52.2 Å². The summed E-state index contributed by atoms with van der Waals surface area (Å²) in [4.78, 5) is 34.6. The third kappa shape index (κ3) is 17.0. The first kappa shape index (κ1) is 64.5. The number of esters is 2. The Morgan fingerprint density at radius 1 is 0.662 bits per heavy atom. The molecule has 4 unspecified atom stereocenters. The molecular formula is C60H96O13Y. The summed E-state index contributed by atoms with van der Waals surface area (Å²) in [5.41, 5.74) is 3.24. The molecular weight excluding hydrogens is 1020 g/mol. The van der Waals surface area contributed by atoms with E-state index in [1.807, 2.05) is 24.3 Å². The van der Waals surface area contributed by atoms with E-state index in [4.69, 9.17) is 47.4 Å². The number of carbonyl (C=O) groups is 3. The maximum atomic E-state index is 12.0. The van der Waals surface area contributed by atoms with Crippen LogP contribution in [0, 0.1) is 35.5 Å². The fraction of sp³-hybridized carbons (Fsp3) is 0.783. The number of ether oxygens (including phenoxy) is 10. The van der Waals surface area contributed by atoms with E-state index >= 15 is 0 Å². The summed E-state index contributed by atoms with van der Waals surface area (Å²) in [5, 5.41) is 0. The Labute approximate surface area is 471 Å². The van der Waals surface area contributed by atoms with Crippen LogP contribution in [0.5, 0.6) is 5.75 Å². The molecule has 6 aliphatic heterocycles. The van der Waals surface area contributed by atoms with Crippen molar-refractivity contribution >= 4 is 18.2 Å². The second-order valence-electron chi connectivity index (χ2n) is 22.4. The van der Waals surface area contributed by atoms with Crippen molar-refractivity contribution in [3.05, 3.63) is 54.1 Å². The van der Waals surface area contributed by atoms with Gasteiger partial charge in [-0.2, -0.15) is 0 Å². The van der Waals surface area contributed by atoms with Crippen molar-refractivity contribution in [1.82, 2.24) is 0 Å². The van der Waals surface area contributed by atoms with Crippen molar-refractivity contribution in [3.8, 4) is 5.75 Å². The van der Waals surface area contributed by atoms with Gasteiger partial charge in [0.25, 0.3) is 0 Å². The summed E-state index contributed by atoms with van der Waals surface area (Å²) in [7, 11) is 3.10. The average Bonchev–Trinajstić information content (AvgIpc) is 3.35. The van der Waals surface area contributed by atoms with Crippen LogP contribution in [0.1, 0.15) is 165 Å². The van der Waals surface area contributed by atoms with E-state index in [-0.39, 0.29) is 149 Å². The van der Waals surface area contributed by atoms with Gasteiger partial charge in [-0.15, -0.1) is 0 Å². The molecule has 0 spiro atoms. The van der Waals surface area contributed by atoms with E-state index in [0.29, 0.717) is 62.4 Å². The third-order valence-corrected chi connectivity index (χ3v) is 16.9. The minimum Gasteiger partial charge on any atom is -0.497 e. The summed E-state index contributed by atoms with van der Waals surface area (Å²) in [5.74, 6) is 2.04. The third-order valence-electron chi connectivity index (χ3n) is 16.9. The Bertz CT molecular complexity index is 1900. The van der Waals surface area contributed by atoms with Crippen LogP contribution in [0.3, 0.4) is 0 Å². The number of rotatable bonds is 19. The SMILES string of the molecule is C.C=C1C(C[C@@H]2O[C@H]3CC(C)[C@@H](CCC)O[C@H]3[C@H](C)[C@H]2OC(C)=O)O[C@@H](CCC=O)C[C@H]1C.C=C1C(C[C@@H]2O[C@H]3CC(C)[C@@H](CCC)O[C@H]3[C@H](C)[C@H]2OCc2ccc(OC)cc2)O[C@@H](CCC(=O)OC)C[C@H]1C.[Y]. The normalized spacial score (nSPS) is 37.8. The van der Waals surface area contributed by atoms with Crippen LogP contribution in [0.4, 0.5) is 0 Å². The van der Waals surface area contributed by atoms with Gasteiger partial charge in [0.05, 0.1) is 100 Å². The zero-order valence-electron chi connectivity index (χ0n) is 46.3. The molecule has 6 saturated heterocycles. The van der Waals surface area contributed by atoms with Gasteiger partial charge in [0.2, 0.25) is 0 Å². The zero-order valence-corrected chi connectivity index (χ0v) is 49.2. The van der Waals surface area contributed by atoms with Gasteiger partial charge in [-0.1, -0.05) is 101 Å². The molecule has 1 aromatic rings. The first-order chi connectivity index (χ1) is 34.5. The molecule has 417 valence electrons. The molecule has 0 saturated carbocycles. The van der Waals surface area contributed by atoms with Crippen LogP contribution in [0.2, 0.25) is 0 Å². The summed E-state index contributed by atoms with van der Waals surface area (Å²) < 4.78 is 62.2. The molecule has 7 rings (SSSR count). The van der Waals surface area contributed by atoms with E-state index in [2.05, 4.69) is 68.5 Å². The van der Waals surface area contributed by atoms with E-state index in [9.17, 15) is 14.4 Å². The second-order valence-corrected chi connectivity index (χ2v) is 22.4. The number of hydrogen-bond donors (Lipinski definition) is 0. The molecule has 0 aliphatic carbocycles. The Kier molecular flexibility index (Phi) is 26.9. The van der Waals surface area contributed by atoms with Gasteiger partial charge in [-0.3, -0.25) is 9.59 Å². The van der Waals surface area contributed by atoms with Gasteiger partial charge in [0, 0.05) is 77.2 Å². The maximum absolute atomic E-state index is 12.0. The Hall–Kier alpha value is -2.07.